The fourth-order valence-corrected chi connectivity index (χ4v) is 4.93. The van der Waals surface area contributed by atoms with Gasteiger partial charge in [0, 0.05) is 23.4 Å². The Labute approximate surface area is 221 Å². The maximum atomic E-state index is 14.3. The van der Waals surface area contributed by atoms with Crippen molar-refractivity contribution in [3.63, 3.8) is 0 Å². The lowest BCUT2D eigenvalue weighted by atomic mass is 10.1. The van der Waals surface area contributed by atoms with Crippen molar-refractivity contribution in [3.8, 4) is 28.3 Å². The van der Waals surface area contributed by atoms with Crippen LogP contribution < -0.4 is 5.56 Å². The van der Waals surface area contributed by atoms with Gasteiger partial charge in [-0.05, 0) is 48.6 Å². The van der Waals surface area contributed by atoms with Crippen molar-refractivity contribution in [2.24, 2.45) is 0 Å². The quantitative estimate of drug-likeness (QED) is 0.153. The third-order valence-corrected chi connectivity index (χ3v) is 6.60. The first-order valence-corrected chi connectivity index (χ1v) is 12.2. The molecule has 8 nitrogen and oxygen atoms in total. The molecule has 38 heavy (non-hydrogen) atoms. The SMILES string of the molecule is O=c1c2c(-c3cccc([N+](=O)[O-])c3)n(-c3ccccc3)nc2n(-c2ccccc2)c(=S)n1-c1ccccc1. The van der Waals surface area contributed by atoms with Crippen LogP contribution in [-0.2, 0) is 0 Å². The minimum Gasteiger partial charge on any atom is -0.269 e. The molecule has 0 radical (unpaired) electrons. The minimum absolute atomic E-state index is 0.0873. The van der Waals surface area contributed by atoms with Crippen LogP contribution in [0.2, 0.25) is 0 Å². The molecule has 0 bridgehead atoms. The van der Waals surface area contributed by atoms with E-state index in [1.807, 2.05) is 91.0 Å². The van der Waals surface area contributed by atoms with Gasteiger partial charge in [-0.25, -0.2) is 4.68 Å². The van der Waals surface area contributed by atoms with Gasteiger partial charge in [0.05, 0.1) is 22.0 Å². The van der Waals surface area contributed by atoms with Gasteiger partial charge in [0.15, 0.2) is 10.4 Å². The van der Waals surface area contributed by atoms with Crippen LogP contribution in [0.3, 0.4) is 0 Å². The van der Waals surface area contributed by atoms with E-state index in [1.54, 1.807) is 21.4 Å². The summed E-state index contributed by atoms with van der Waals surface area (Å²) in [5.74, 6) is 0. The second-order valence-electron chi connectivity index (χ2n) is 8.53. The molecular weight excluding hydrogens is 498 g/mol. The normalized spacial score (nSPS) is 11.1. The third-order valence-electron chi connectivity index (χ3n) is 6.24. The fraction of sp³-hybridized carbons (Fsp3) is 0. The summed E-state index contributed by atoms with van der Waals surface area (Å²) in [6.07, 6.45) is 0. The van der Waals surface area contributed by atoms with E-state index in [2.05, 4.69) is 0 Å². The smallest absolute Gasteiger partial charge is 0.269 e. The van der Waals surface area contributed by atoms with Crippen LogP contribution >= 0.6 is 12.2 Å². The molecule has 0 aliphatic rings. The number of rotatable bonds is 5. The number of aromatic nitrogens is 4. The van der Waals surface area contributed by atoms with E-state index in [1.165, 1.54) is 16.7 Å². The molecule has 6 rings (SSSR count). The molecular formula is C29H19N5O3S. The van der Waals surface area contributed by atoms with E-state index in [9.17, 15) is 14.9 Å². The van der Waals surface area contributed by atoms with Crippen LogP contribution in [0.4, 0.5) is 5.69 Å². The van der Waals surface area contributed by atoms with Gasteiger partial charge in [-0.1, -0.05) is 66.7 Å². The number of nitrogens with zero attached hydrogens (tertiary/aromatic N) is 5. The molecule has 184 valence electrons. The van der Waals surface area contributed by atoms with Crippen molar-refractivity contribution in [1.82, 2.24) is 18.9 Å². The van der Waals surface area contributed by atoms with Crippen LogP contribution in [0.15, 0.2) is 120 Å². The topological polar surface area (TPSA) is 87.9 Å². The van der Waals surface area contributed by atoms with E-state index >= 15 is 0 Å². The van der Waals surface area contributed by atoms with Crippen molar-refractivity contribution < 1.29 is 4.92 Å². The van der Waals surface area contributed by atoms with Crippen LogP contribution in [-0.4, -0.2) is 23.8 Å². The molecule has 0 spiro atoms. The van der Waals surface area contributed by atoms with E-state index < -0.39 is 4.92 Å². The molecule has 0 amide bonds. The van der Waals surface area contributed by atoms with Gasteiger partial charge in [-0.3, -0.25) is 24.0 Å². The summed E-state index contributed by atoms with van der Waals surface area (Å²) >= 11 is 5.90. The van der Waals surface area contributed by atoms with Crippen LogP contribution in [0.25, 0.3) is 39.4 Å². The zero-order valence-electron chi connectivity index (χ0n) is 19.8. The van der Waals surface area contributed by atoms with Crippen molar-refractivity contribution in [3.05, 3.63) is 141 Å². The fourth-order valence-electron chi connectivity index (χ4n) is 4.55. The predicted molar refractivity (Wildman–Crippen MR) is 149 cm³/mol. The van der Waals surface area contributed by atoms with Gasteiger partial charge in [0.2, 0.25) is 0 Å². The summed E-state index contributed by atoms with van der Waals surface area (Å²) < 4.78 is 5.14. The largest absolute Gasteiger partial charge is 0.270 e. The van der Waals surface area contributed by atoms with E-state index in [4.69, 9.17) is 17.3 Å². The summed E-state index contributed by atoms with van der Waals surface area (Å²) in [5, 5.41) is 16.8. The highest BCUT2D eigenvalue weighted by Gasteiger charge is 2.25. The van der Waals surface area contributed by atoms with Crippen molar-refractivity contribution in [2.45, 2.75) is 0 Å². The summed E-state index contributed by atoms with van der Waals surface area (Å²) in [6, 6.07) is 34.2. The van der Waals surface area contributed by atoms with E-state index in [0.29, 0.717) is 28.3 Å². The molecule has 0 saturated heterocycles. The summed E-state index contributed by atoms with van der Waals surface area (Å²) in [5.41, 5.74) is 2.85. The zero-order chi connectivity index (χ0) is 26.2. The van der Waals surface area contributed by atoms with Crippen LogP contribution in [0.5, 0.6) is 0 Å². The van der Waals surface area contributed by atoms with E-state index in [0.717, 1.165) is 5.69 Å². The van der Waals surface area contributed by atoms with Crippen molar-refractivity contribution >= 4 is 28.9 Å². The van der Waals surface area contributed by atoms with Gasteiger partial charge >= 0.3 is 0 Å². The Bertz CT molecular complexity index is 1930. The van der Waals surface area contributed by atoms with Gasteiger partial charge in [0.25, 0.3) is 11.2 Å². The number of fused-ring (bicyclic) bond motifs is 1. The van der Waals surface area contributed by atoms with E-state index in [-0.39, 0.29) is 21.4 Å². The second kappa shape index (κ2) is 9.38. The first-order chi connectivity index (χ1) is 18.5. The summed E-state index contributed by atoms with van der Waals surface area (Å²) in [6.45, 7) is 0. The average molecular weight is 518 g/mol. The summed E-state index contributed by atoms with van der Waals surface area (Å²) in [7, 11) is 0. The Morgan fingerprint density at radius 1 is 0.711 bits per heavy atom. The molecule has 0 fully saturated rings. The lowest BCUT2D eigenvalue weighted by Gasteiger charge is -2.14. The number of hydrogen-bond acceptors (Lipinski definition) is 5. The monoisotopic (exact) mass is 517 g/mol. The van der Waals surface area contributed by atoms with Crippen LogP contribution in [0.1, 0.15) is 0 Å². The second-order valence-corrected chi connectivity index (χ2v) is 8.90. The Hall–Kier alpha value is -5.15. The highest BCUT2D eigenvalue weighted by atomic mass is 32.1. The lowest BCUT2D eigenvalue weighted by Crippen LogP contribution is -2.23. The highest BCUT2D eigenvalue weighted by molar-refractivity contribution is 7.71. The molecule has 0 aliphatic carbocycles. The molecule has 2 aromatic heterocycles. The van der Waals surface area contributed by atoms with Gasteiger partial charge in [0.1, 0.15) is 5.39 Å². The minimum atomic E-state index is -0.456. The maximum absolute atomic E-state index is 14.3. The molecule has 2 heterocycles. The van der Waals surface area contributed by atoms with Gasteiger partial charge in [-0.2, -0.15) is 0 Å². The number of nitro benzene ring substituents is 1. The van der Waals surface area contributed by atoms with Gasteiger partial charge in [-0.15, -0.1) is 5.10 Å². The number of non-ortho nitro benzene ring substituents is 1. The Morgan fingerprint density at radius 2 is 1.26 bits per heavy atom. The van der Waals surface area contributed by atoms with Crippen molar-refractivity contribution in [2.75, 3.05) is 0 Å². The standard InChI is InChI=1S/C29H19N5O3S/c35-28-25-26(20-11-10-18-24(19-20)34(36)37)33(23-16-8-3-9-17-23)30-27(25)31(21-12-4-1-5-13-21)29(38)32(28)22-14-6-2-7-15-22/h1-19H. The van der Waals surface area contributed by atoms with Gasteiger partial charge < -0.3 is 0 Å². The Morgan fingerprint density at radius 3 is 1.84 bits per heavy atom. The molecule has 9 heteroatoms. The predicted octanol–water partition coefficient (Wildman–Crippen LogP) is 6.27. The van der Waals surface area contributed by atoms with Crippen LogP contribution in [0, 0.1) is 14.9 Å². The summed E-state index contributed by atoms with van der Waals surface area (Å²) in [4.78, 5) is 25.5. The first kappa shape index (κ1) is 23.3. The van der Waals surface area contributed by atoms with Crippen molar-refractivity contribution in [1.29, 1.82) is 0 Å². The zero-order valence-corrected chi connectivity index (χ0v) is 20.7. The number of para-hydroxylation sites is 3. The molecule has 6 aromatic rings. The molecule has 4 aromatic carbocycles. The lowest BCUT2D eigenvalue weighted by molar-refractivity contribution is -0.384. The first-order valence-electron chi connectivity index (χ1n) is 11.8. The third kappa shape index (κ3) is 3.82. The average Bonchev–Trinajstić information content (AvgIpc) is 3.35. The Kier molecular flexibility index (Phi) is 5.74. The number of hydrogen-bond donors (Lipinski definition) is 0. The molecule has 0 aliphatic heterocycles. The highest BCUT2D eigenvalue weighted by Crippen LogP contribution is 2.33. The molecule has 0 N–H and O–H groups in total. The molecule has 0 atom stereocenters. The molecule has 0 saturated carbocycles. The number of benzene rings is 4. The number of nitro groups is 1. The molecule has 0 unspecified atom stereocenters. The Balaban J connectivity index is 1.84. The maximum Gasteiger partial charge on any atom is 0.270 e.